The Kier molecular flexibility index (Phi) is 2.30. The molecule has 0 bridgehead atoms. The molecular weight excluding hydrogens is 128 g/mol. The summed E-state index contributed by atoms with van der Waals surface area (Å²) in [6, 6.07) is 0. The lowest BCUT2D eigenvalue weighted by Gasteiger charge is -2.22. The third-order valence-electron chi connectivity index (χ3n) is 2.08. The molecule has 1 aliphatic rings. The van der Waals surface area contributed by atoms with Crippen LogP contribution < -0.4 is 0 Å². The van der Waals surface area contributed by atoms with E-state index in [1.54, 1.807) is 0 Å². The van der Waals surface area contributed by atoms with Gasteiger partial charge in [0.1, 0.15) is 0 Å². The highest BCUT2D eigenvalue weighted by Crippen LogP contribution is 2.27. The minimum absolute atomic E-state index is 0.177. The van der Waals surface area contributed by atoms with Gasteiger partial charge in [0.25, 0.3) is 0 Å². The maximum absolute atomic E-state index is 10.5. The van der Waals surface area contributed by atoms with Crippen molar-refractivity contribution in [3.8, 4) is 0 Å². The first-order valence-electron chi connectivity index (χ1n) is 3.76. The molecule has 0 spiro atoms. The third kappa shape index (κ3) is 1.72. The summed E-state index contributed by atoms with van der Waals surface area (Å²) in [5, 5.41) is 8.62. The van der Waals surface area contributed by atoms with E-state index in [0.29, 0.717) is 5.92 Å². The van der Waals surface area contributed by atoms with Crippen LogP contribution in [0.4, 0.5) is 0 Å². The number of hydrogen-bond acceptors (Lipinski definition) is 1. The van der Waals surface area contributed by atoms with Crippen LogP contribution in [0.3, 0.4) is 0 Å². The maximum Gasteiger partial charge on any atom is 0.306 e. The smallest absolute Gasteiger partial charge is 0.306 e. The number of rotatable bonds is 1. The minimum atomic E-state index is -0.661. The Bertz CT molecular complexity index is 131. The number of carbonyl (C=O) groups is 1. The van der Waals surface area contributed by atoms with Crippen LogP contribution in [0.2, 0.25) is 0 Å². The van der Waals surface area contributed by atoms with Gasteiger partial charge >= 0.3 is 5.97 Å². The molecule has 1 fully saturated rings. The van der Waals surface area contributed by atoms with Gasteiger partial charge in [-0.3, -0.25) is 4.79 Å². The summed E-state index contributed by atoms with van der Waals surface area (Å²) in [7, 11) is 0. The molecule has 2 heteroatoms. The molecule has 2 atom stereocenters. The molecule has 1 N–H and O–H groups in total. The normalized spacial score (nSPS) is 33.7. The molecule has 0 aromatic heterocycles. The van der Waals surface area contributed by atoms with Crippen LogP contribution in [0, 0.1) is 18.3 Å². The van der Waals surface area contributed by atoms with E-state index in [9.17, 15) is 4.79 Å². The van der Waals surface area contributed by atoms with Crippen LogP contribution in [0.25, 0.3) is 0 Å². The summed E-state index contributed by atoms with van der Waals surface area (Å²) in [5.74, 6) is -0.249. The summed E-state index contributed by atoms with van der Waals surface area (Å²) in [5.41, 5.74) is 0. The summed E-state index contributed by atoms with van der Waals surface area (Å²) in [6.45, 7) is 2.11. The minimum Gasteiger partial charge on any atom is -0.481 e. The number of carboxylic acid groups (broad SMARTS) is 1. The van der Waals surface area contributed by atoms with Gasteiger partial charge in [0.05, 0.1) is 5.92 Å². The van der Waals surface area contributed by atoms with Crippen LogP contribution in [0.15, 0.2) is 0 Å². The van der Waals surface area contributed by atoms with E-state index in [1.165, 1.54) is 0 Å². The second kappa shape index (κ2) is 3.04. The lowest BCUT2D eigenvalue weighted by Crippen LogP contribution is -2.21. The van der Waals surface area contributed by atoms with Crippen molar-refractivity contribution in [3.63, 3.8) is 0 Å². The zero-order chi connectivity index (χ0) is 7.56. The maximum atomic E-state index is 10.5. The Balaban J connectivity index is 2.39. The van der Waals surface area contributed by atoms with Gasteiger partial charge in [-0.25, -0.2) is 0 Å². The standard InChI is InChI=1S/C8H13O2/c1-6-3-2-4-7(5-6)8(9)10/h4,6-7H,2-3,5H2,1H3,(H,9,10). The molecule has 0 aromatic carbocycles. The van der Waals surface area contributed by atoms with Gasteiger partial charge in [-0.15, -0.1) is 0 Å². The fourth-order valence-corrected chi connectivity index (χ4v) is 1.43. The fourth-order valence-electron chi connectivity index (χ4n) is 1.43. The SMILES string of the molecule is CC1CC[CH]C(C(=O)O)C1. The first-order chi connectivity index (χ1) is 4.70. The molecule has 1 aliphatic carbocycles. The third-order valence-corrected chi connectivity index (χ3v) is 2.08. The van der Waals surface area contributed by atoms with Crippen LogP contribution in [-0.4, -0.2) is 11.1 Å². The molecule has 1 saturated carbocycles. The Labute approximate surface area is 61.2 Å². The van der Waals surface area contributed by atoms with Gasteiger partial charge in [-0.2, -0.15) is 0 Å². The first kappa shape index (κ1) is 7.58. The lowest BCUT2D eigenvalue weighted by molar-refractivity contribution is -0.141. The topological polar surface area (TPSA) is 37.3 Å². The van der Waals surface area contributed by atoms with Gasteiger partial charge in [0.2, 0.25) is 0 Å². The van der Waals surface area contributed by atoms with Crippen molar-refractivity contribution in [3.05, 3.63) is 6.42 Å². The Morgan fingerprint density at radius 3 is 2.80 bits per heavy atom. The van der Waals surface area contributed by atoms with E-state index in [-0.39, 0.29) is 5.92 Å². The predicted octanol–water partition coefficient (Wildman–Crippen LogP) is 1.71. The number of hydrogen-bond donors (Lipinski definition) is 1. The van der Waals surface area contributed by atoms with Crippen molar-refractivity contribution in [2.45, 2.75) is 26.2 Å². The summed E-state index contributed by atoms with van der Waals surface area (Å²) >= 11 is 0. The van der Waals surface area contributed by atoms with Crippen molar-refractivity contribution in [1.82, 2.24) is 0 Å². The molecular formula is C8H13O2. The van der Waals surface area contributed by atoms with Crippen molar-refractivity contribution in [1.29, 1.82) is 0 Å². The molecule has 2 unspecified atom stereocenters. The quantitative estimate of drug-likeness (QED) is 0.603. The van der Waals surface area contributed by atoms with Gasteiger partial charge in [0.15, 0.2) is 0 Å². The van der Waals surface area contributed by atoms with E-state index in [2.05, 4.69) is 6.92 Å². The molecule has 10 heavy (non-hydrogen) atoms. The van der Waals surface area contributed by atoms with Gasteiger partial charge in [-0.05, 0) is 25.2 Å². The van der Waals surface area contributed by atoms with E-state index in [0.717, 1.165) is 19.3 Å². The molecule has 2 nitrogen and oxygen atoms in total. The van der Waals surface area contributed by atoms with Crippen molar-refractivity contribution >= 4 is 5.97 Å². The Hall–Kier alpha value is -0.530. The molecule has 0 amide bonds. The van der Waals surface area contributed by atoms with Crippen molar-refractivity contribution in [2.75, 3.05) is 0 Å². The monoisotopic (exact) mass is 141 g/mol. The van der Waals surface area contributed by atoms with E-state index in [4.69, 9.17) is 5.11 Å². The zero-order valence-electron chi connectivity index (χ0n) is 6.21. The zero-order valence-corrected chi connectivity index (χ0v) is 6.21. The largest absolute Gasteiger partial charge is 0.481 e. The van der Waals surface area contributed by atoms with Crippen molar-refractivity contribution < 1.29 is 9.90 Å². The number of aliphatic carboxylic acids is 1. The van der Waals surface area contributed by atoms with E-state index in [1.807, 2.05) is 6.42 Å². The summed E-state index contributed by atoms with van der Waals surface area (Å²) < 4.78 is 0. The molecule has 0 heterocycles. The summed E-state index contributed by atoms with van der Waals surface area (Å²) in [6.07, 6.45) is 4.87. The molecule has 1 rings (SSSR count). The van der Waals surface area contributed by atoms with Crippen LogP contribution in [0.5, 0.6) is 0 Å². The number of carboxylic acids is 1. The lowest BCUT2D eigenvalue weighted by atomic mass is 9.83. The van der Waals surface area contributed by atoms with E-state index < -0.39 is 5.97 Å². The fraction of sp³-hybridized carbons (Fsp3) is 0.750. The second-order valence-electron chi connectivity index (χ2n) is 3.10. The first-order valence-corrected chi connectivity index (χ1v) is 3.76. The highest BCUT2D eigenvalue weighted by atomic mass is 16.4. The highest BCUT2D eigenvalue weighted by molar-refractivity contribution is 5.71. The predicted molar refractivity (Wildman–Crippen MR) is 38.4 cm³/mol. The molecule has 0 aliphatic heterocycles. The van der Waals surface area contributed by atoms with Gasteiger partial charge < -0.3 is 5.11 Å². The van der Waals surface area contributed by atoms with Gasteiger partial charge in [0, 0.05) is 0 Å². The molecule has 0 saturated heterocycles. The average molecular weight is 141 g/mol. The van der Waals surface area contributed by atoms with Crippen LogP contribution in [0.1, 0.15) is 26.2 Å². The van der Waals surface area contributed by atoms with Crippen molar-refractivity contribution in [2.24, 2.45) is 11.8 Å². The highest BCUT2D eigenvalue weighted by Gasteiger charge is 2.24. The van der Waals surface area contributed by atoms with Gasteiger partial charge in [-0.1, -0.05) is 13.3 Å². The van der Waals surface area contributed by atoms with Crippen LogP contribution in [-0.2, 0) is 4.79 Å². The molecule has 57 valence electrons. The van der Waals surface area contributed by atoms with Crippen LogP contribution >= 0.6 is 0 Å². The molecule has 0 aromatic rings. The molecule has 1 radical (unpaired) electrons. The Morgan fingerprint density at radius 2 is 2.40 bits per heavy atom. The Morgan fingerprint density at radius 1 is 1.70 bits per heavy atom. The average Bonchev–Trinajstić information content (AvgIpc) is 1.88. The summed E-state index contributed by atoms with van der Waals surface area (Å²) in [4.78, 5) is 10.5. The second-order valence-corrected chi connectivity index (χ2v) is 3.10. The van der Waals surface area contributed by atoms with E-state index >= 15 is 0 Å².